The first-order valence-corrected chi connectivity index (χ1v) is 9.23. The number of benzene rings is 1. The minimum absolute atomic E-state index is 0.123. The molecule has 1 aromatic heterocycles. The molecule has 0 spiro atoms. The van der Waals surface area contributed by atoms with Crippen LogP contribution in [0.1, 0.15) is 28.4 Å². The van der Waals surface area contributed by atoms with E-state index in [4.69, 9.17) is 0 Å². The van der Waals surface area contributed by atoms with Gasteiger partial charge in [-0.2, -0.15) is 0 Å². The summed E-state index contributed by atoms with van der Waals surface area (Å²) in [4.78, 5) is 21.0. The molecule has 2 aromatic rings. The molecular weight excluding hydrogens is 385 g/mol. The van der Waals surface area contributed by atoms with E-state index in [9.17, 15) is 9.18 Å². The number of nitrogens with zero attached hydrogens (tertiary/aromatic N) is 3. The zero-order chi connectivity index (χ0) is 18.0. The normalized spacial score (nSPS) is 14.7. The summed E-state index contributed by atoms with van der Waals surface area (Å²) in [6.07, 6.45) is 2.88. The van der Waals surface area contributed by atoms with Crippen LogP contribution in [0, 0.1) is 12.7 Å². The minimum Gasteiger partial charge on any atom is -0.353 e. The van der Waals surface area contributed by atoms with E-state index in [1.54, 1.807) is 11.0 Å². The Morgan fingerprint density at radius 3 is 2.56 bits per heavy atom. The van der Waals surface area contributed by atoms with E-state index in [0.717, 1.165) is 17.8 Å². The fourth-order valence-electron chi connectivity index (χ4n) is 3.10. The molecule has 1 amide bonds. The van der Waals surface area contributed by atoms with E-state index in [0.29, 0.717) is 30.7 Å². The zero-order valence-corrected chi connectivity index (χ0v) is 16.0. The Morgan fingerprint density at radius 1 is 1.24 bits per heavy atom. The third kappa shape index (κ3) is 3.84. The number of piperazine rings is 1. The van der Waals surface area contributed by atoms with E-state index in [2.05, 4.69) is 45.7 Å². The lowest BCUT2D eigenvalue weighted by atomic mass is 10.1. The third-order valence-corrected chi connectivity index (χ3v) is 5.04. The van der Waals surface area contributed by atoms with Crippen molar-refractivity contribution in [2.24, 2.45) is 0 Å². The summed E-state index contributed by atoms with van der Waals surface area (Å²) in [7, 11) is 0. The van der Waals surface area contributed by atoms with Gasteiger partial charge in [0.2, 0.25) is 0 Å². The van der Waals surface area contributed by atoms with E-state index in [1.807, 2.05) is 6.20 Å². The number of carbonyl (C=O) groups is 1. The van der Waals surface area contributed by atoms with Gasteiger partial charge in [0.25, 0.3) is 5.91 Å². The van der Waals surface area contributed by atoms with Gasteiger partial charge in [0.05, 0.1) is 5.56 Å². The maximum Gasteiger partial charge on any atom is 0.256 e. The molecule has 0 unspecified atom stereocenters. The SMILES string of the molecule is CCc1cnc(N2CCN(C(=O)c3ccc(Br)cc3F)CC2)c(C)c1. The van der Waals surface area contributed by atoms with Crippen LogP contribution in [-0.2, 0) is 6.42 Å². The maximum atomic E-state index is 14.0. The molecule has 1 fully saturated rings. The first-order valence-electron chi connectivity index (χ1n) is 8.44. The number of aromatic nitrogens is 1. The van der Waals surface area contributed by atoms with Crippen molar-refractivity contribution in [3.05, 3.63) is 57.4 Å². The second-order valence-corrected chi connectivity index (χ2v) is 7.16. The Kier molecular flexibility index (Phi) is 5.37. The number of aryl methyl sites for hydroxylation is 2. The second kappa shape index (κ2) is 7.52. The molecule has 1 aromatic carbocycles. The van der Waals surface area contributed by atoms with Crippen molar-refractivity contribution in [2.45, 2.75) is 20.3 Å². The average molecular weight is 406 g/mol. The van der Waals surface area contributed by atoms with E-state index in [1.165, 1.54) is 17.7 Å². The second-order valence-electron chi connectivity index (χ2n) is 6.24. The summed E-state index contributed by atoms with van der Waals surface area (Å²) >= 11 is 3.21. The molecule has 1 aliphatic heterocycles. The zero-order valence-electron chi connectivity index (χ0n) is 14.4. The molecule has 3 rings (SSSR count). The van der Waals surface area contributed by atoms with Gasteiger partial charge in [-0.3, -0.25) is 4.79 Å². The van der Waals surface area contributed by atoms with Gasteiger partial charge < -0.3 is 9.80 Å². The quantitative estimate of drug-likeness (QED) is 0.778. The van der Waals surface area contributed by atoms with Gasteiger partial charge in [0.15, 0.2) is 0 Å². The van der Waals surface area contributed by atoms with Crippen molar-refractivity contribution >= 4 is 27.7 Å². The highest BCUT2D eigenvalue weighted by Gasteiger charge is 2.25. The van der Waals surface area contributed by atoms with Crippen LogP contribution in [0.4, 0.5) is 10.2 Å². The van der Waals surface area contributed by atoms with Gasteiger partial charge in [-0.15, -0.1) is 0 Å². The Labute approximate surface area is 155 Å². The minimum atomic E-state index is -0.491. The highest BCUT2D eigenvalue weighted by molar-refractivity contribution is 9.10. The first-order chi connectivity index (χ1) is 12.0. The molecule has 0 atom stereocenters. The molecule has 0 aliphatic carbocycles. The highest BCUT2D eigenvalue weighted by atomic mass is 79.9. The Morgan fingerprint density at radius 2 is 1.96 bits per heavy atom. The molecule has 1 saturated heterocycles. The van der Waals surface area contributed by atoms with E-state index < -0.39 is 5.82 Å². The fraction of sp³-hybridized carbons (Fsp3) is 0.368. The first kappa shape index (κ1) is 17.9. The fourth-order valence-corrected chi connectivity index (χ4v) is 3.44. The number of carbonyl (C=O) groups excluding carboxylic acids is 1. The lowest BCUT2D eigenvalue weighted by Gasteiger charge is -2.36. The summed E-state index contributed by atoms with van der Waals surface area (Å²) in [5.74, 6) is 0.226. The largest absolute Gasteiger partial charge is 0.353 e. The van der Waals surface area contributed by atoms with E-state index in [-0.39, 0.29) is 11.5 Å². The lowest BCUT2D eigenvalue weighted by molar-refractivity contribution is 0.0742. The number of rotatable bonds is 3. The van der Waals surface area contributed by atoms with Crippen molar-refractivity contribution in [2.75, 3.05) is 31.1 Å². The Hall–Kier alpha value is -1.95. The van der Waals surface area contributed by atoms with Gasteiger partial charge in [-0.1, -0.05) is 28.9 Å². The molecule has 1 aliphatic rings. The number of hydrogen-bond acceptors (Lipinski definition) is 3. The smallest absolute Gasteiger partial charge is 0.256 e. The molecule has 0 radical (unpaired) electrons. The molecule has 2 heterocycles. The van der Waals surface area contributed by atoms with Crippen LogP contribution in [0.5, 0.6) is 0 Å². The average Bonchev–Trinajstić information content (AvgIpc) is 2.61. The van der Waals surface area contributed by atoms with Gasteiger partial charge >= 0.3 is 0 Å². The van der Waals surface area contributed by atoms with Crippen LogP contribution in [-0.4, -0.2) is 42.0 Å². The van der Waals surface area contributed by atoms with Crippen molar-refractivity contribution in [3.8, 4) is 0 Å². The van der Waals surface area contributed by atoms with Crippen molar-refractivity contribution < 1.29 is 9.18 Å². The van der Waals surface area contributed by atoms with Crippen LogP contribution >= 0.6 is 15.9 Å². The van der Waals surface area contributed by atoms with E-state index >= 15 is 0 Å². The van der Waals surface area contributed by atoms with Crippen LogP contribution in [0.25, 0.3) is 0 Å². The van der Waals surface area contributed by atoms with Gasteiger partial charge in [-0.05, 0) is 42.7 Å². The molecule has 6 heteroatoms. The molecule has 4 nitrogen and oxygen atoms in total. The topological polar surface area (TPSA) is 36.4 Å². The highest BCUT2D eigenvalue weighted by Crippen LogP contribution is 2.22. The molecule has 132 valence electrons. The lowest BCUT2D eigenvalue weighted by Crippen LogP contribution is -2.49. The predicted octanol–water partition coefficient (Wildman–Crippen LogP) is 3.82. The Bertz CT molecular complexity index is 788. The van der Waals surface area contributed by atoms with Crippen molar-refractivity contribution in [1.29, 1.82) is 0 Å². The van der Waals surface area contributed by atoms with Gasteiger partial charge in [0.1, 0.15) is 11.6 Å². The molecule has 0 bridgehead atoms. The standard InChI is InChI=1S/C19H21BrFN3O/c1-3-14-10-13(2)18(22-12-14)23-6-8-24(9-7-23)19(25)16-5-4-15(20)11-17(16)21/h4-5,10-12H,3,6-9H2,1-2H3. The van der Waals surface area contributed by atoms with Crippen molar-refractivity contribution in [1.82, 2.24) is 9.88 Å². The summed E-state index contributed by atoms with van der Waals surface area (Å²) in [5, 5.41) is 0. The number of halogens is 2. The molecule has 25 heavy (non-hydrogen) atoms. The molecule has 0 saturated carbocycles. The predicted molar refractivity (Wildman–Crippen MR) is 101 cm³/mol. The van der Waals surface area contributed by atoms with Crippen LogP contribution < -0.4 is 4.90 Å². The summed E-state index contributed by atoms with van der Waals surface area (Å²) in [6.45, 7) is 6.69. The number of pyridine rings is 1. The van der Waals surface area contributed by atoms with Crippen molar-refractivity contribution in [3.63, 3.8) is 0 Å². The number of anilines is 1. The monoisotopic (exact) mass is 405 g/mol. The Balaban J connectivity index is 1.68. The van der Waals surface area contributed by atoms with Crippen LogP contribution in [0.15, 0.2) is 34.9 Å². The van der Waals surface area contributed by atoms with Gasteiger partial charge in [-0.25, -0.2) is 9.37 Å². The summed E-state index contributed by atoms with van der Waals surface area (Å²) in [6, 6.07) is 6.71. The molecule has 0 N–H and O–H groups in total. The van der Waals surface area contributed by atoms with Crippen LogP contribution in [0.2, 0.25) is 0 Å². The third-order valence-electron chi connectivity index (χ3n) is 4.54. The molecular formula is C19H21BrFN3O. The maximum absolute atomic E-state index is 14.0. The summed E-state index contributed by atoms with van der Waals surface area (Å²) < 4.78 is 14.7. The van der Waals surface area contributed by atoms with Gasteiger partial charge in [0, 0.05) is 36.8 Å². The number of hydrogen-bond donors (Lipinski definition) is 0. The van der Waals surface area contributed by atoms with Crippen LogP contribution in [0.3, 0.4) is 0 Å². The summed E-state index contributed by atoms with van der Waals surface area (Å²) in [5.41, 5.74) is 2.50. The number of amides is 1.